The Kier molecular flexibility index (Phi) is 3.70. The number of aryl methyl sites for hydroxylation is 1. The number of hydrogen-bond acceptors (Lipinski definition) is 3. The number of imidazole rings is 1. The van der Waals surface area contributed by atoms with Gasteiger partial charge in [0.15, 0.2) is 0 Å². The highest BCUT2D eigenvalue weighted by molar-refractivity contribution is 6.30. The van der Waals surface area contributed by atoms with Crippen molar-refractivity contribution < 1.29 is 9.53 Å². The second-order valence-electron chi connectivity index (χ2n) is 4.93. The van der Waals surface area contributed by atoms with E-state index in [0.717, 1.165) is 5.69 Å². The van der Waals surface area contributed by atoms with Gasteiger partial charge in [-0.15, -0.1) is 0 Å². The summed E-state index contributed by atoms with van der Waals surface area (Å²) in [6.07, 6.45) is 1.90. The Morgan fingerprint density at radius 2 is 2.19 bits per heavy atom. The van der Waals surface area contributed by atoms with E-state index in [0.29, 0.717) is 29.9 Å². The zero-order valence-electron chi connectivity index (χ0n) is 11.5. The van der Waals surface area contributed by atoms with Crippen LogP contribution in [0.4, 0.5) is 10.5 Å². The summed E-state index contributed by atoms with van der Waals surface area (Å²) in [6.45, 7) is 2.96. The Morgan fingerprint density at radius 1 is 1.43 bits per heavy atom. The molecular weight excluding hydrogens is 292 g/mol. The minimum atomic E-state index is -0.272. The molecular formula is C14H15ClN4O2. The van der Waals surface area contributed by atoms with Crippen LogP contribution in [0.25, 0.3) is 0 Å². The van der Waals surface area contributed by atoms with Crippen molar-refractivity contribution >= 4 is 23.3 Å². The van der Waals surface area contributed by atoms with Crippen LogP contribution in [0.1, 0.15) is 5.69 Å². The molecule has 1 aliphatic rings. The number of rotatable bonds is 2. The number of aromatic nitrogens is 2. The van der Waals surface area contributed by atoms with Crippen molar-refractivity contribution in [3.63, 3.8) is 0 Å². The highest BCUT2D eigenvalue weighted by atomic mass is 35.5. The van der Waals surface area contributed by atoms with Crippen LogP contribution >= 0.6 is 11.6 Å². The van der Waals surface area contributed by atoms with Crippen molar-refractivity contribution in [2.24, 2.45) is 0 Å². The van der Waals surface area contributed by atoms with Gasteiger partial charge in [-0.05, 0) is 31.2 Å². The first-order valence-corrected chi connectivity index (χ1v) is 6.97. The smallest absolute Gasteiger partial charge is 0.319 e. The highest BCUT2D eigenvalue weighted by Crippen LogP contribution is 2.17. The third kappa shape index (κ3) is 3.28. The van der Waals surface area contributed by atoms with Gasteiger partial charge in [0.2, 0.25) is 0 Å². The van der Waals surface area contributed by atoms with E-state index in [2.05, 4.69) is 15.6 Å². The molecule has 1 atom stereocenters. The summed E-state index contributed by atoms with van der Waals surface area (Å²) in [4.78, 5) is 16.2. The van der Waals surface area contributed by atoms with E-state index in [9.17, 15) is 4.79 Å². The number of carbonyl (C=O) groups excluding carboxylic acids is 1. The molecule has 0 aliphatic carbocycles. The monoisotopic (exact) mass is 306 g/mol. The lowest BCUT2D eigenvalue weighted by molar-refractivity contribution is 0.184. The van der Waals surface area contributed by atoms with Crippen LogP contribution in [0.3, 0.4) is 0 Å². The fourth-order valence-corrected chi connectivity index (χ4v) is 2.34. The van der Waals surface area contributed by atoms with Crippen molar-refractivity contribution in [2.45, 2.75) is 19.5 Å². The number of anilines is 1. The van der Waals surface area contributed by atoms with E-state index in [1.807, 2.05) is 17.7 Å². The molecule has 1 aliphatic heterocycles. The van der Waals surface area contributed by atoms with E-state index in [1.165, 1.54) is 0 Å². The normalized spacial score (nSPS) is 16.8. The Morgan fingerprint density at radius 3 is 2.95 bits per heavy atom. The van der Waals surface area contributed by atoms with Crippen LogP contribution in [0.2, 0.25) is 5.02 Å². The molecule has 2 N–H and O–H groups in total. The maximum Gasteiger partial charge on any atom is 0.319 e. The molecule has 6 nitrogen and oxygen atoms in total. The lowest BCUT2D eigenvalue weighted by Crippen LogP contribution is -2.46. The second kappa shape index (κ2) is 5.65. The fourth-order valence-electron chi connectivity index (χ4n) is 2.21. The number of hydrogen-bond donors (Lipinski definition) is 2. The van der Waals surface area contributed by atoms with Gasteiger partial charge in [-0.1, -0.05) is 11.6 Å². The quantitative estimate of drug-likeness (QED) is 0.895. The van der Waals surface area contributed by atoms with E-state index in [4.69, 9.17) is 16.3 Å². The van der Waals surface area contributed by atoms with Crippen molar-refractivity contribution in [3.8, 4) is 6.01 Å². The van der Waals surface area contributed by atoms with Gasteiger partial charge in [0.1, 0.15) is 6.61 Å². The van der Waals surface area contributed by atoms with Crippen LogP contribution < -0.4 is 15.4 Å². The lowest BCUT2D eigenvalue weighted by Gasteiger charge is -2.24. The Hall–Kier alpha value is -2.21. The molecule has 0 saturated heterocycles. The molecule has 21 heavy (non-hydrogen) atoms. The Labute approximate surface area is 127 Å². The summed E-state index contributed by atoms with van der Waals surface area (Å²) >= 11 is 5.80. The molecule has 7 heteroatoms. The minimum Gasteiger partial charge on any atom is -0.462 e. The largest absolute Gasteiger partial charge is 0.462 e. The third-order valence-electron chi connectivity index (χ3n) is 3.13. The first kappa shape index (κ1) is 13.8. The lowest BCUT2D eigenvalue weighted by atomic mass is 10.3. The number of amides is 2. The summed E-state index contributed by atoms with van der Waals surface area (Å²) in [7, 11) is 0. The molecule has 0 unspecified atom stereocenters. The van der Waals surface area contributed by atoms with E-state index >= 15 is 0 Å². The highest BCUT2D eigenvalue weighted by Gasteiger charge is 2.22. The summed E-state index contributed by atoms with van der Waals surface area (Å²) < 4.78 is 7.41. The predicted octanol–water partition coefficient (Wildman–Crippen LogP) is 2.43. The van der Waals surface area contributed by atoms with E-state index in [-0.39, 0.29) is 12.1 Å². The van der Waals surface area contributed by atoms with Gasteiger partial charge in [-0.2, -0.15) is 0 Å². The topological polar surface area (TPSA) is 68.2 Å². The first-order chi connectivity index (χ1) is 10.1. The van der Waals surface area contributed by atoms with Gasteiger partial charge in [0.25, 0.3) is 6.01 Å². The Balaban J connectivity index is 1.57. The molecule has 3 rings (SSSR count). The van der Waals surface area contributed by atoms with Crippen molar-refractivity contribution in [1.29, 1.82) is 0 Å². The molecule has 0 saturated carbocycles. The zero-order valence-corrected chi connectivity index (χ0v) is 12.2. The van der Waals surface area contributed by atoms with E-state index < -0.39 is 0 Å². The number of halogens is 1. The molecule has 0 fully saturated rings. The van der Waals surface area contributed by atoms with Gasteiger partial charge in [0.05, 0.1) is 18.3 Å². The number of carbonyl (C=O) groups is 1. The van der Waals surface area contributed by atoms with Crippen LogP contribution in [-0.2, 0) is 6.54 Å². The zero-order chi connectivity index (χ0) is 14.8. The molecule has 110 valence electrons. The maximum absolute atomic E-state index is 11.9. The van der Waals surface area contributed by atoms with E-state index in [1.54, 1.807) is 24.3 Å². The molecule has 2 amide bonds. The minimum absolute atomic E-state index is 0.0987. The fraction of sp³-hybridized carbons (Fsp3) is 0.286. The van der Waals surface area contributed by atoms with Gasteiger partial charge in [-0.25, -0.2) is 9.78 Å². The van der Waals surface area contributed by atoms with Crippen molar-refractivity contribution in [3.05, 3.63) is 41.2 Å². The van der Waals surface area contributed by atoms with Crippen LogP contribution in [0, 0.1) is 6.92 Å². The van der Waals surface area contributed by atoms with Crippen LogP contribution in [0.5, 0.6) is 6.01 Å². The molecule has 2 heterocycles. The number of ether oxygens (including phenoxy) is 1. The summed E-state index contributed by atoms with van der Waals surface area (Å²) in [5.41, 5.74) is 1.59. The SMILES string of the molecule is Cc1cn2c(n1)OC[C@@H](NC(=O)Nc1ccc(Cl)cc1)C2. The molecule has 0 radical (unpaired) electrons. The number of nitrogens with one attached hydrogen (secondary N) is 2. The molecule has 1 aromatic carbocycles. The molecule has 0 spiro atoms. The van der Waals surface area contributed by atoms with Crippen molar-refractivity contribution in [1.82, 2.24) is 14.9 Å². The first-order valence-electron chi connectivity index (χ1n) is 6.60. The Bertz CT molecular complexity index is 653. The molecule has 1 aromatic heterocycles. The number of nitrogens with zero attached hydrogens (tertiary/aromatic N) is 2. The average Bonchev–Trinajstić information content (AvgIpc) is 2.80. The standard InChI is InChI=1S/C14H15ClN4O2/c1-9-6-19-7-12(8-21-14(19)16-9)18-13(20)17-11-4-2-10(15)3-5-11/h2-6,12H,7-8H2,1H3,(H2,17,18,20)/t12-/m0/s1. The van der Waals surface area contributed by atoms with Gasteiger partial charge >= 0.3 is 6.03 Å². The average molecular weight is 307 g/mol. The summed E-state index contributed by atoms with van der Waals surface area (Å²) in [6, 6.07) is 7.17. The summed E-state index contributed by atoms with van der Waals surface area (Å²) in [5.74, 6) is 0. The van der Waals surface area contributed by atoms with Crippen LogP contribution in [0.15, 0.2) is 30.5 Å². The number of benzene rings is 1. The van der Waals surface area contributed by atoms with Gasteiger partial charge < -0.3 is 15.4 Å². The van der Waals surface area contributed by atoms with Crippen LogP contribution in [-0.4, -0.2) is 28.2 Å². The second-order valence-corrected chi connectivity index (χ2v) is 5.37. The third-order valence-corrected chi connectivity index (χ3v) is 3.38. The summed E-state index contributed by atoms with van der Waals surface area (Å²) in [5, 5.41) is 6.26. The predicted molar refractivity (Wildman–Crippen MR) is 79.9 cm³/mol. The molecule has 2 aromatic rings. The number of urea groups is 1. The molecule has 0 bridgehead atoms. The van der Waals surface area contributed by atoms with Gasteiger partial charge in [0, 0.05) is 16.9 Å². The number of fused-ring (bicyclic) bond motifs is 1. The van der Waals surface area contributed by atoms with Gasteiger partial charge in [-0.3, -0.25) is 4.57 Å². The van der Waals surface area contributed by atoms with Crippen molar-refractivity contribution in [2.75, 3.05) is 11.9 Å². The maximum atomic E-state index is 11.9.